The van der Waals surface area contributed by atoms with Crippen LogP contribution < -0.4 is 10.6 Å². The van der Waals surface area contributed by atoms with Crippen molar-refractivity contribution < 1.29 is 34.1 Å². The lowest BCUT2D eigenvalue weighted by Gasteiger charge is -2.33. The predicted octanol–water partition coefficient (Wildman–Crippen LogP) is 4.32. The summed E-state index contributed by atoms with van der Waals surface area (Å²) in [6, 6.07) is 24.7. The van der Waals surface area contributed by atoms with Gasteiger partial charge in [0.05, 0.1) is 11.5 Å². The van der Waals surface area contributed by atoms with Gasteiger partial charge in [-0.15, -0.1) is 11.8 Å². The van der Waals surface area contributed by atoms with Crippen LogP contribution in [0.3, 0.4) is 0 Å². The molecule has 0 radical (unpaired) electrons. The van der Waals surface area contributed by atoms with Gasteiger partial charge in [-0.3, -0.25) is 9.59 Å². The number of carbonyl (C=O) groups is 4. The zero-order valence-electron chi connectivity index (χ0n) is 20.9. The van der Waals surface area contributed by atoms with E-state index in [1.54, 1.807) is 54.6 Å². The number of cyclic esters (lactones) is 1. The van der Waals surface area contributed by atoms with Gasteiger partial charge in [0.15, 0.2) is 5.44 Å². The number of benzene rings is 3. The van der Waals surface area contributed by atoms with E-state index in [1.807, 2.05) is 30.3 Å². The minimum absolute atomic E-state index is 0.215. The SMILES string of the molecule is O=C(O)CC[C@@](NC(=O)[C@@H](CSC1OC(=O)c2ccccc21)Cc1ccccc1)(Nc1ccccc1)C(=O)O. The zero-order valence-corrected chi connectivity index (χ0v) is 21.7. The number of carboxylic acid groups (broad SMARTS) is 2. The second-order valence-electron chi connectivity index (χ2n) is 9.13. The molecular weight excluding hydrogens is 520 g/mol. The van der Waals surface area contributed by atoms with Crippen molar-refractivity contribution in [3.8, 4) is 0 Å². The number of hydrogen-bond donors (Lipinski definition) is 4. The number of amides is 1. The van der Waals surface area contributed by atoms with Crippen molar-refractivity contribution in [1.82, 2.24) is 5.32 Å². The molecule has 0 fully saturated rings. The highest BCUT2D eigenvalue weighted by molar-refractivity contribution is 7.99. The maximum atomic E-state index is 13.7. The molecule has 3 aromatic carbocycles. The van der Waals surface area contributed by atoms with Crippen LogP contribution in [0.1, 0.15) is 39.8 Å². The number of carbonyl (C=O) groups excluding carboxylic acids is 2. The molecule has 10 heteroatoms. The van der Waals surface area contributed by atoms with Crippen LogP contribution in [0.5, 0.6) is 0 Å². The lowest BCUT2D eigenvalue weighted by molar-refractivity contribution is -0.148. The molecule has 0 spiro atoms. The molecule has 1 amide bonds. The molecule has 0 aliphatic carbocycles. The van der Waals surface area contributed by atoms with E-state index in [0.29, 0.717) is 17.7 Å². The molecule has 39 heavy (non-hydrogen) atoms. The summed E-state index contributed by atoms with van der Waals surface area (Å²) in [6.07, 6.45) is -0.585. The number of ether oxygens (including phenoxy) is 1. The van der Waals surface area contributed by atoms with Crippen molar-refractivity contribution >= 4 is 41.3 Å². The molecule has 0 saturated carbocycles. The number of aliphatic carboxylic acids is 2. The number of hydrogen-bond acceptors (Lipinski definition) is 7. The van der Waals surface area contributed by atoms with Gasteiger partial charge in [0, 0.05) is 29.8 Å². The van der Waals surface area contributed by atoms with Gasteiger partial charge in [-0.05, 0) is 30.2 Å². The van der Waals surface area contributed by atoms with E-state index in [9.17, 15) is 29.4 Å². The largest absolute Gasteiger partial charge is 0.481 e. The van der Waals surface area contributed by atoms with Crippen LogP contribution in [0.4, 0.5) is 5.69 Å². The number of thioether (sulfide) groups is 1. The second kappa shape index (κ2) is 12.5. The predicted molar refractivity (Wildman–Crippen MR) is 146 cm³/mol. The van der Waals surface area contributed by atoms with Crippen LogP contribution >= 0.6 is 11.8 Å². The van der Waals surface area contributed by atoms with Crippen LogP contribution in [0.2, 0.25) is 0 Å². The van der Waals surface area contributed by atoms with Crippen LogP contribution in [0.15, 0.2) is 84.9 Å². The number of nitrogens with one attached hydrogen (secondary N) is 2. The Bertz CT molecular complexity index is 1340. The van der Waals surface area contributed by atoms with E-state index >= 15 is 0 Å². The van der Waals surface area contributed by atoms with E-state index in [1.165, 1.54) is 11.8 Å². The normalized spacial score (nSPS) is 16.3. The molecule has 1 unspecified atom stereocenters. The second-order valence-corrected chi connectivity index (χ2v) is 10.2. The number of rotatable bonds is 13. The lowest BCUT2D eigenvalue weighted by atomic mass is 9.97. The number of esters is 1. The van der Waals surface area contributed by atoms with Crippen molar-refractivity contribution in [3.63, 3.8) is 0 Å². The van der Waals surface area contributed by atoms with Crippen molar-refractivity contribution in [2.75, 3.05) is 11.1 Å². The molecule has 202 valence electrons. The van der Waals surface area contributed by atoms with Gasteiger partial charge in [-0.25, -0.2) is 9.59 Å². The topological polar surface area (TPSA) is 142 Å². The number of anilines is 1. The van der Waals surface area contributed by atoms with E-state index < -0.39 is 53.7 Å². The third kappa shape index (κ3) is 6.97. The van der Waals surface area contributed by atoms with E-state index in [0.717, 1.165) is 11.1 Å². The van der Waals surface area contributed by atoms with Crippen molar-refractivity contribution in [2.24, 2.45) is 5.92 Å². The molecule has 0 saturated heterocycles. The Morgan fingerprint density at radius 2 is 1.56 bits per heavy atom. The first-order valence-corrected chi connectivity index (χ1v) is 13.4. The standard InChI is InChI=1S/C29H28N2O7S/c32-24(33)15-16-29(28(36)37,30-21-11-5-2-6-12-21)31-25(34)20(17-19-9-3-1-4-10-19)18-39-27-23-14-8-7-13-22(23)26(35)38-27/h1-14,20,27,30H,15-18H2,(H,31,34)(H,32,33)(H,36,37)/t20-,27?,29+/m1/s1. The summed E-state index contributed by atoms with van der Waals surface area (Å²) in [5.74, 6) is -4.11. The highest BCUT2D eigenvalue weighted by Crippen LogP contribution is 2.40. The molecule has 1 aliphatic rings. The Morgan fingerprint density at radius 3 is 2.23 bits per heavy atom. The number of carboxylic acids is 2. The molecule has 1 aliphatic heterocycles. The van der Waals surface area contributed by atoms with Gasteiger partial charge < -0.3 is 25.6 Å². The van der Waals surface area contributed by atoms with Crippen LogP contribution in [0.25, 0.3) is 0 Å². The molecule has 0 bridgehead atoms. The monoisotopic (exact) mass is 548 g/mol. The first-order chi connectivity index (χ1) is 18.8. The van der Waals surface area contributed by atoms with Gasteiger partial charge in [0.1, 0.15) is 0 Å². The van der Waals surface area contributed by atoms with E-state index in [2.05, 4.69) is 10.6 Å². The first kappa shape index (κ1) is 27.7. The molecule has 4 rings (SSSR count). The molecule has 0 aromatic heterocycles. The molecule has 1 heterocycles. The average molecular weight is 549 g/mol. The maximum Gasteiger partial charge on any atom is 0.350 e. The molecule has 9 nitrogen and oxygen atoms in total. The summed E-state index contributed by atoms with van der Waals surface area (Å²) in [5.41, 5.74) is -0.191. The van der Waals surface area contributed by atoms with Gasteiger partial charge in [-0.2, -0.15) is 0 Å². The Kier molecular flexibility index (Phi) is 8.88. The highest BCUT2D eigenvalue weighted by Gasteiger charge is 2.42. The van der Waals surface area contributed by atoms with Gasteiger partial charge in [0.2, 0.25) is 11.6 Å². The molecule has 4 N–H and O–H groups in total. The van der Waals surface area contributed by atoms with Crippen molar-refractivity contribution in [3.05, 3.63) is 102 Å². The fourth-order valence-electron chi connectivity index (χ4n) is 4.31. The summed E-state index contributed by atoms with van der Waals surface area (Å²) in [7, 11) is 0. The Labute approximate surface area is 229 Å². The minimum Gasteiger partial charge on any atom is -0.481 e. The van der Waals surface area contributed by atoms with Gasteiger partial charge in [0.25, 0.3) is 0 Å². The third-order valence-electron chi connectivity index (χ3n) is 6.34. The van der Waals surface area contributed by atoms with Crippen LogP contribution in [0, 0.1) is 5.92 Å². The Hall–Kier alpha value is -4.31. The Morgan fingerprint density at radius 1 is 0.923 bits per heavy atom. The summed E-state index contributed by atoms with van der Waals surface area (Å²) >= 11 is 1.28. The summed E-state index contributed by atoms with van der Waals surface area (Å²) in [5, 5.41) is 25.0. The fourth-order valence-corrected chi connectivity index (χ4v) is 5.53. The summed E-state index contributed by atoms with van der Waals surface area (Å²) in [6.45, 7) is 0. The Balaban J connectivity index is 1.59. The molecule has 3 atom stereocenters. The number of fused-ring (bicyclic) bond motifs is 1. The first-order valence-electron chi connectivity index (χ1n) is 12.3. The van der Waals surface area contributed by atoms with Crippen molar-refractivity contribution in [2.45, 2.75) is 30.4 Å². The average Bonchev–Trinajstić information content (AvgIpc) is 3.26. The fraction of sp³-hybridized carbons (Fsp3) is 0.241. The summed E-state index contributed by atoms with van der Waals surface area (Å²) < 4.78 is 5.52. The van der Waals surface area contributed by atoms with Crippen LogP contribution in [-0.2, 0) is 25.5 Å². The van der Waals surface area contributed by atoms with Gasteiger partial charge >= 0.3 is 17.9 Å². The quantitative estimate of drug-likeness (QED) is 0.181. The molecule has 3 aromatic rings. The van der Waals surface area contributed by atoms with Crippen LogP contribution in [-0.4, -0.2) is 45.4 Å². The van der Waals surface area contributed by atoms with E-state index in [-0.39, 0.29) is 5.75 Å². The van der Waals surface area contributed by atoms with Gasteiger partial charge in [-0.1, -0.05) is 66.7 Å². The van der Waals surface area contributed by atoms with E-state index in [4.69, 9.17) is 4.74 Å². The smallest absolute Gasteiger partial charge is 0.350 e. The summed E-state index contributed by atoms with van der Waals surface area (Å²) in [4.78, 5) is 49.9. The van der Waals surface area contributed by atoms with Crippen molar-refractivity contribution in [1.29, 1.82) is 0 Å². The maximum absolute atomic E-state index is 13.7. The zero-order chi connectivity index (χ0) is 27.8. The highest BCUT2D eigenvalue weighted by atomic mass is 32.2. The number of para-hydroxylation sites is 1. The molecular formula is C29H28N2O7S. The third-order valence-corrected chi connectivity index (χ3v) is 7.59. The minimum atomic E-state index is -2.07. The lowest BCUT2D eigenvalue weighted by Crippen LogP contribution is -2.61.